The second-order valence-electron chi connectivity index (χ2n) is 4.87. The minimum atomic E-state index is -0.343. The number of rotatable bonds is 4. The summed E-state index contributed by atoms with van der Waals surface area (Å²) in [6, 6.07) is 0. The van der Waals surface area contributed by atoms with Gasteiger partial charge >= 0.3 is 0 Å². The van der Waals surface area contributed by atoms with Gasteiger partial charge in [-0.15, -0.1) is 0 Å². The summed E-state index contributed by atoms with van der Waals surface area (Å²) in [5, 5.41) is 4.76. The second-order valence-corrected chi connectivity index (χ2v) is 5.23. The number of hydrogen-bond donors (Lipinski definition) is 0. The molecule has 5 nitrogen and oxygen atoms in total. The lowest BCUT2D eigenvalue weighted by Gasteiger charge is -2.31. The van der Waals surface area contributed by atoms with Crippen LogP contribution in [0.2, 0.25) is 5.15 Å². The quantitative estimate of drug-likeness (QED) is 0.834. The van der Waals surface area contributed by atoms with Gasteiger partial charge in [0.2, 0.25) is 0 Å². The molecule has 0 aromatic carbocycles. The molecule has 0 radical (unpaired) electrons. The summed E-state index contributed by atoms with van der Waals surface area (Å²) >= 11 is 6.15. The summed E-state index contributed by atoms with van der Waals surface area (Å²) in [5.74, 6) is 0.0798. The maximum absolute atomic E-state index is 12.3. The summed E-state index contributed by atoms with van der Waals surface area (Å²) in [4.78, 5) is 14.5. The first kappa shape index (κ1) is 14.5. The van der Waals surface area contributed by atoms with E-state index in [-0.39, 0.29) is 11.9 Å². The highest BCUT2D eigenvalue weighted by atomic mass is 35.5. The van der Waals surface area contributed by atoms with Crippen LogP contribution in [0.5, 0.6) is 0 Å². The number of ketones is 1. The lowest BCUT2D eigenvalue weighted by Crippen LogP contribution is -2.46. The third kappa shape index (κ3) is 3.16. The van der Waals surface area contributed by atoms with Crippen LogP contribution in [-0.2, 0) is 23.0 Å². The van der Waals surface area contributed by atoms with Crippen LogP contribution in [0.3, 0.4) is 0 Å². The highest BCUT2D eigenvalue weighted by molar-refractivity contribution is 6.30. The minimum Gasteiger partial charge on any atom is -0.368 e. The fraction of sp³-hybridized carbons (Fsp3) is 0.692. The summed E-state index contributed by atoms with van der Waals surface area (Å²) in [7, 11) is 1.78. The first-order chi connectivity index (χ1) is 9.02. The van der Waals surface area contributed by atoms with Gasteiger partial charge in [-0.2, -0.15) is 5.10 Å². The zero-order valence-electron chi connectivity index (χ0n) is 11.6. The SMILES string of the molecule is CCN1CCOC(C(=O)Cc2c(C)nn(C)c2Cl)C1. The van der Waals surface area contributed by atoms with Crippen molar-refractivity contribution in [3.05, 3.63) is 16.4 Å². The largest absolute Gasteiger partial charge is 0.368 e. The summed E-state index contributed by atoms with van der Waals surface area (Å²) in [6.45, 7) is 7.09. The summed E-state index contributed by atoms with van der Waals surface area (Å²) in [6.07, 6.45) is -0.0508. The van der Waals surface area contributed by atoms with E-state index in [0.29, 0.717) is 24.7 Å². The molecule has 0 bridgehead atoms. The van der Waals surface area contributed by atoms with Crippen molar-refractivity contribution in [2.75, 3.05) is 26.2 Å². The van der Waals surface area contributed by atoms with E-state index in [1.54, 1.807) is 11.7 Å². The fourth-order valence-electron chi connectivity index (χ4n) is 2.35. The molecule has 19 heavy (non-hydrogen) atoms. The third-order valence-corrected chi connectivity index (χ3v) is 4.05. The molecular formula is C13H20ClN3O2. The molecule has 6 heteroatoms. The molecule has 1 saturated heterocycles. The molecule has 1 aliphatic heterocycles. The van der Waals surface area contributed by atoms with Crippen molar-refractivity contribution in [2.45, 2.75) is 26.4 Å². The number of nitrogens with zero attached hydrogens (tertiary/aromatic N) is 3. The Morgan fingerprint density at radius 1 is 1.58 bits per heavy atom. The molecule has 1 aromatic heterocycles. The van der Waals surface area contributed by atoms with E-state index in [0.717, 1.165) is 24.3 Å². The highest BCUT2D eigenvalue weighted by Gasteiger charge is 2.27. The van der Waals surface area contributed by atoms with Crippen LogP contribution in [0.1, 0.15) is 18.2 Å². The number of morpholine rings is 1. The van der Waals surface area contributed by atoms with Crippen LogP contribution in [-0.4, -0.2) is 52.8 Å². The number of aromatic nitrogens is 2. The monoisotopic (exact) mass is 285 g/mol. The fourth-order valence-corrected chi connectivity index (χ4v) is 2.59. The number of hydrogen-bond acceptors (Lipinski definition) is 4. The lowest BCUT2D eigenvalue weighted by atomic mass is 10.1. The number of likely N-dealkylation sites (N-methyl/N-ethyl adjacent to an activating group) is 1. The molecule has 1 atom stereocenters. The number of halogens is 1. The number of carbonyl (C=O) groups excluding carboxylic acids is 1. The van der Waals surface area contributed by atoms with Gasteiger partial charge in [0.15, 0.2) is 5.78 Å². The molecule has 0 amide bonds. The first-order valence-electron chi connectivity index (χ1n) is 6.57. The van der Waals surface area contributed by atoms with Crippen molar-refractivity contribution in [2.24, 2.45) is 7.05 Å². The van der Waals surface area contributed by atoms with Crippen LogP contribution in [0.4, 0.5) is 0 Å². The third-order valence-electron chi connectivity index (χ3n) is 3.58. The Balaban J connectivity index is 2.04. The molecular weight excluding hydrogens is 266 g/mol. The van der Waals surface area contributed by atoms with Crippen molar-refractivity contribution < 1.29 is 9.53 Å². The summed E-state index contributed by atoms with van der Waals surface area (Å²) in [5.41, 5.74) is 1.62. The topological polar surface area (TPSA) is 47.4 Å². The van der Waals surface area contributed by atoms with Crippen LogP contribution in [0.25, 0.3) is 0 Å². The van der Waals surface area contributed by atoms with E-state index >= 15 is 0 Å². The molecule has 2 heterocycles. The van der Waals surface area contributed by atoms with Gasteiger partial charge in [0, 0.05) is 32.1 Å². The molecule has 1 aromatic rings. The van der Waals surface area contributed by atoms with Crippen molar-refractivity contribution in [1.82, 2.24) is 14.7 Å². The number of carbonyl (C=O) groups is 1. The Hall–Kier alpha value is -0.910. The standard InChI is InChI=1S/C13H20ClN3O2/c1-4-17-5-6-19-12(8-17)11(18)7-10-9(2)15-16(3)13(10)14/h12H,4-8H2,1-3H3. The zero-order chi connectivity index (χ0) is 14.0. The normalized spacial score (nSPS) is 20.7. The summed E-state index contributed by atoms with van der Waals surface area (Å²) < 4.78 is 7.17. The van der Waals surface area contributed by atoms with Gasteiger partial charge in [0.25, 0.3) is 0 Å². The lowest BCUT2D eigenvalue weighted by molar-refractivity contribution is -0.135. The smallest absolute Gasteiger partial charge is 0.167 e. The van der Waals surface area contributed by atoms with E-state index in [1.807, 2.05) is 6.92 Å². The van der Waals surface area contributed by atoms with Gasteiger partial charge < -0.3 is 4.74 Å². The molecule has 2 rings (SSSR count). The average Bonchev–Trinajstić information content (AvgIpc) is 2.65. The molecule has 1 aliphatic rings. The van der Waals surface area contributed by atoms with Gasteiger partial charge in [-0.05, 0) is 13.5 Å². The van der Waals surface area contributed by atoms with Crippen LogP contribution < -0.4 is 0 Å². The first-order valence-corrected chi connectivity index (χ1v) is 6.95. The van der Waals surface area contributed by atoms with Gasteiger partial charge in [-0.1, -0.05) is 18.5 Å². The Labute approximate surface area is 118 Å². The molecule has 0 spiro atoms. The molecule has 1 fully saturated rings. The predicted molar refractivity (Wildman–Crippen MR) is 73.5 cm³/mol. The second kappa shape index (κ2) is 6.03. The van der Waals surface area contributed by atoms with Gasteiger partial charge in [0.05, 0.1) is 12.3 Å². The number of ether oxygens (including phenoxy) is 1. The van der Waals surface area contributed by atoms with Crippen LogP contribution in [0.15, 0.2) is 0 Å². The average molecular weight is 286 g/mol. The Bertz CT molecular complexity index is 473. The van der Waals surface area contributed by atoms with Crippen molar-refractivity contribution >= 4 is 17.4 Å². The minimum absolute atomic E-state index is 0.0798. The zero-order valence-corrected chi connectivity index (χ0v) is 12.4. The van der Waals surface area contributed by atoms with E-state index in [2.05, 4.69) is 16.9 Å². The van der Waals surface area contributed by atoms with E-state index in [4.69, 9.17) is 16.3 Å². The predicted octanol–water partition coefficient (Wildman–Crippen LogP) is 1.21. The van der Waals surface area contributed by atoms with E-state index in [9.17, 15) is 4.79 Å². The molecule has 0 aliphatic carbocycles. The van der Waals surface area contributed by atoms with Crippen molar-refractivity contribution in [3.63, 3.8) is 0 Å². The van der Waals surface area contributed by atoms with Gasteiger partial charge in [-0.25, -0.2) is 0 Å². The van der Waals surface area contributed by atoms with E-state index in [1.165, 1.54) is 0 Å². The Kier molecular flexibility index (Phi) is 4.60. The van der Waals surface area contributed by atoms with Gasteiger partial charge in [0.1, 0.15) is 11.3 Å². The van der Waals surface area contributed by atoms with Crippen molar-refractivity contribution in [1.29, 1.82) is 0 Å². The van der Waals surface area contributed by atoms with Crippen LogP contribution >= 0.6 is 11.6 Å². The Morgan fingerprint density at radius 3 is 2.89 bits per heavy atom. The highest BCUT2D eigenvalue weighted by Crippen LogP contribution is 2.20. The molecule has 106 valence electrons. The maximum atomic E-state index is 12.3. The maximum Gasteiger partial charge on any atom is 0.167 e. The molecule has 0 N–H and O–H groups in total. The molecule has 0 saturated carbocycles. The number of Topliss-reactive ketones (excluding diaryl/α,β-unsaturated/α-hetero) is 1. The Morgan fingerprint density at radius 2 is 2.32 bits per heavy atom. The van der Waals surface area contributed by atoms with Crippen molar-refractivity contribution in [3.8, 4) is 0 Å². The van der Waals surface area contributed by atoms with Gasteiger partial charge in [-0.3, -0.25) is 14.4 Å². The molecule has 1 unspecified atom stereocenters. The van der Waals surface area contributed by atoms with E-state index < -0.39 is 0 Å². The number of aryl methyl sites for hydroxylation is 2. The van der Waals surface area contributed by atoms with Crippen LogP contribution in [0, 0.1) is 6.92 Å².